The van der Waals surface area contributed by atoms with E-state index in [4.69, 9.17) is 0 Å². The fourth-order valence-electron chi connectivity index (χ4n) is 2.72. The van der Waals surface area contributed by atoms with Crippen LogP contribution in [-0.2, 0) is 22.6 Å². The van der Waals surface area contributed by atoms with Crippen LogP contribution in [0.2, 0.25) is 0 Å². The Morgan fingerprint density at radius 3 is 2.41 bits per heavy atom. The van der Waals surface area contributed by atoms with Crippen molar-refractivity contribution in [3.8, 4) is 11.1 Å². The molecule has 0 amide bonds. The van der Waals surface area contributed by atoms with Crippen molar-refractivity contribution in [1.29, 1.82) is 0 Å². The molecule has 0 radical (unpaired) electrons. The van der Waals surface area contributed by atoms with Crippen molar-refractivity contribution < 1.29 is 26.0 Å². The Balaban J connectivity index is 1.89. The van der Waals surface area contributed by atoms with Crippen LogP contribution in [0.15, 0.2) is 71.9 Å². The molecule has 152 valence electrons. The molecule has 0 fully saturated rings. The predicted octanol–water partition coefficient (Wildman–Crippen LogP) is 4.43. The lowest BCUT2D eigenvalue weighted by Gasteiger charge is -2.13. The van der Waals surface area contributed by atoms with E-state index in [1.807, 2.05) is 0 Å². The largest absolute Gasteiger partial charge is 0.416 e. The summed E-state index contributed by atoms with van der Waals surface area (Å²) in [5, 5.41) is 0. The van der Waals surface area contributed by atoms with Gasteiger partial charge in [0.25, 0.3) is 0 Å². The molecule has 0 saturated heterocycles. The van der Waals surface area contributed by atoms with Crippen LogP contribution in [0.1, 0.15) is 11.1 Å². The van der Waals surface area contributed by atoms with Crippen molar-refractivity contribution in [3.05, 3.63) is 83.9 Å². The average molecular weight is 424 g/mol. The minimum absolute atomic E-state index is 0.0819. The fraction of sp³-hybridized carbons (Fsp3) is 0.150. The zero-order valence-electron chi connectivity index (χ0n) is 14.9. The van der Waals surface area contributed by atoms with E-state index >= 15 is 0 Å². The van der Waals surface area contributed by atoms with Crippen molar-refractivity contribution in [1.82, 2.24) is 9.71 Å². The number of rotatable bonds is 6. The summed E-state index contributed by atoms with van der Waals surface area (Å²) in [6.07, 6.45) is -1.72. The van der Waals surface area contributed by atoms with Crippen LogP contribution < -0.4 is 4.72 Å². The Morgan fingerprint density at radius 2 is 1.76 bits per heavy atom. The molecular formula is C20H16F4N2O2S. The number of sulfonamides is 1. The quantitative estimate of drug-likeness (QED) is 0.596. The van der Waals surface area contributed by atoms with Gasteiger partial charge in [-0.25, -0.2) is 17.5 Å². The molecule has 1 heterocycles. The van der Waals surface area contributed by atoms with E-state index in [0.717, 1.165) is 12.1 Å². The SMILES string of the molecule is O=S(=O)(NCCc1cccc(F)c1)c1cc(-c2cccnc2)cc(C(F)(F)F)c1. The lowest BCUT2D eigenvalue weighted by Crippen LogP contribution is -2.26. The minimum atomic E-state index is -4.72. The lowest BCUT2D eigenvalue weighted by molar-refractivity contribution is -0.137. The number of hydrogen-bond acceptors (Lipinski definition) is 3. The van der Waals surface area contributed by atoms with Crippen molar-refractivity contribution in [2.24, 2.45) is 0 Å². The van der Waals surface area contributed by atoms with Gasteiger partial charge in [-0.2, -0.15) is 13.2 Å². The molecule has 2 aromatic carbocycles. The van der Waals surface area contributed by atoms with E-state index in [9.17, 15) is 26.0 Å². The highest BCUT2D eigenvalue weighted by atomic mass is 32.2. The molecule has 0 atom stereocenters. The zero-order chi connectivity index (χ0) is 21.1. The molecule has 0 aliphatic heterocycles. The van der Waals surface area contributed by atoms with Crippen LogP contribution in [0, 0.1) is 5.82 Å². The Bertz CT molecular complexity index is 1100. The van der Waals surface area contributed by atoms with E-state index in [-0.39, 0.29) is 18.5 Å². The summed E-state index contributed by atoms with van der Waals surface area (Å²) in [7, 11) is -4.22. The molecular weight excluding hydrogens is 408 g/mol. The summed E-state index contributed by atoms with van der Waals surface area (Å²) in [4.78, 5) is 3.35. The van der Waals surface area contributed by atoms with Crippen molar-refractivity contribution in [2.75, 3.05) is 6.54 Å². The number of hydrogen-bond donors (Lipinski definition) is 1. The second-order valence-corrected chi connectivity index (χ2v) is 8.03. The molecule has 3 rings (SSSR count). The summed E-state index contributed by atoms with van der Waals surface area (Å²) >= 11 is 0. The number of alkyl halides is 3. The first-order chi connectivity index (χ1) is 13.6. The Morgan fingerprint density at radius 1 is 0.966 bits per heavy atom. The maximum absolute atomic E-state index is 13.3. The highest BCUT2D eigenvalue weighted by Gasteiger charge is 2.32. The van der Waals surface area contributed by atoms with Crippen LogP contribution in [0.3, 0.4) is 0 Å². The van der Waals surface area contributed by atoms with Gasteiger partial charge >= 0.3 is 6.18 Å². The minimum Gasteiger partial charge on any atom is -0.264 e. The average Bonchev–Trinajstić information content (AvgIpc) is 2.67. The van der Waals surface area contributed by atoms with Gasteiger partial charge in [0.05, 0.1) is 10.5 Å². The van der Waals surface area contributed by atoms with Crippen LogP contribution in [0.25, 0.3) is 11.1 Å². The highest BCUT2D eigenvalue weighted by Crippen LogP contribution is 2.34. The molecule has 3 aromatic rings. The Labute approximate surface area is 165 Å². The number of nitrogens with one attached hydrogen (secondary N) is 1. The highest BCUT2D eigenvalue weighted by molar-refractivity contribution is 7.89. The Hall–Kier alpha value is -2.78. The molecule has 1 N–H and O–H groups in total. The van der Waals surface area contributed by atoms with Gasteiger partial charge in [0, 0.05) is 24.5 Å². The third-order valence-corrected chi connectivity index (χ3v) is 5.57. The summed E-state index contributed by atoms with van der Waals surface area (Å²) in [5.41, 5.74) is -0.0783. The molecule has 4 nitrogen and oxygen atoms in total. The van der Waals surface area contributed by atoms with Gasteiger partial charge in [-0.05, 0) is 53.9 Å². The first-order valence-electron chi connectivity index (χ1n) is 8.52. The monoisotopic (exact) mass is 424 g/mol. The Kier molecular flexibility index (Phi) is 5.99. The van der Waals surface area contributed by atoms with E-state index in [0.29, 0.717) is 17.2 Å². The third kappa shape index (κ3) is 5.39. The summed E-state index contributed by atoms with van der Waals surface area (Å²) < 4.78 is 80.5. The van der Waals surface area contributed by atoms with Gasteiger partial charge in [-0.3, -0.25) is 4.98 Å². The molecule has 0 aliphatic carbocycles. The standard InChI is InChI=1S/C20H16F4N2O2S/c21-18-5-1-3-14(9-18)6-8-26-29(27,28)19-11-16(15-4-2-7-25-13-15)10-17(12-19)20(22,23)24/h1-5,7,9-13,26H,6,8H2. The first-order valence-corrected chi connectivity index (χ1v) is 10.0. The van der Waals surface area contributed by atoms with Gasteiger partial charge in [0.2, 0.25) is 10.0 Å². The van der Waals surface area contributed by atoms with Crippen molar-refractivity contribution in [3.63, 3.8) is 0 Å². The van der Waals surface area contributed by atoms with Crippen LogP contribution in [0.4, 0.5) is 17.6 Å². The molecule has 9 heteroatoms. The normalized spacial score (nSPS) is 12.1. The van der Waals surface area contributed by atoms with E-state index < -0.39 is 32.5 Å². The second-order valence-electron chi connectivity index (χ2n) is 6.26. The van der Waals surface area contributed by atoms with Crippen molar-refractivity contribution >= 4 is 10.0 Å². The van der Waals surface area contributed by atoms with Crippen LogP contribution in [0.5, 0.6) is 0 Å². The molecule has 0 bridgehead atoms. The number of nitrogens with zero attached hydrogens (tertiary/aromatic N) is 1. The third-order valence-electron chi connectivity index (χ3n) is 4.13. The van der Waals surface area contributed by atoms with Gasteiger partial charge in [0.1, 0.15) is 5.82 Å². The van der Waals surface area contributed by atoms with E-state index in [1.54, 1.807) is 12.1 Å². The summed E-state index contributed by atoms with van der Waals surface area (Å²) in [6, 6.07) is 11.4. The maximum atomic E-state index is 13.3. The molecule has 0 unspecified atom stereocenters. The van der Waals surface area contributed by atoms with Crippen molar-refractivity contribution in [2.45, 2.75) is 17.5 Å². The zero-order valence-corrected chi connectivity index (χ0v) is 15.8. The second kappa shape index (κ2) is 8.30. The molecule has 0 aliphatic rings. The number of halogens is 4. The number of pyridine rings is 1. The summed E-state index contributed by atoms with van der Waals surface area (Å²) in [5.74, 6) is -0.454. The van der Waals surface area contributed by atoms with Gasteiger partial charge in [-0.1, -0.05) is 18.2 Å². The predicted molar refractivity (Wildman–Crippen MR) is 100.0 cm³/mol. The van der Waals surface area contributed by atoms with Gasteiger partial charge in [-0.15, -0.1) is 0 Å². The number of aromatic nitrogens is 1. The molecule has 1 aromatic heterocycles. The first kappa shape index (κ1) is 20.9. The fourth-order valence-corrected chi connectivity index (χ4v) is 3.83. The smallest absolute Gasteiger partial charge is 0.264 e. The topological polar surface area (TPSA) is 59.1 Å². The van der Waals surface area contributed by atoms with E-state index in [1.165, 1.54) is 36.7 Å². The summed E-state index contributed by atoms with van der Waals surface area (Å²) in [6.45, 7) is -0.0930. The van der Waals surface area contributed by atoms with E-state index in [2.05, 4.69) is 9.71 Å². The lowest BCUT2D eigenvalue weighted by atomic mass is 10.0. The van der Waals surface area contributed by atoms with Gasteiger partial charge < -0.3 is 0 Å². The maximum Gasteiger partial charge on any atom is 0.416 e. The molecule has 0 saturated carbocycles. The number of benzene rings is 2. The van der Waals surface area contributed by atoms with Crippen LogP contribution in [-0.4, -0.2) is 19.9 Å². The molecule has 0 spiro atoms. The van der Waals surface area contributed by atoms with Crippen LogP contribution >= 0.6 is 0 Å². The molecule has 29 heavy (non-hydrogen) atoms. The van der Waals surface area contributed by atoms with Gasteiger partial charge in [0.15, 0.2) is 0 Å².